The minimum atomic E-state index is -5.05. The number of aromatic amines is 1. The lowest BCUT2D eigenvalue weighted by atomic mass is 10.2. The van der Waals surface area contributed by atoms with Gasteiger partial charge in [-0.3, -0.25) is 8.92 Å². The van der Waals surface area contributed by atoms with Crippen LogP contribution in [-0.4, -0.2) is 43.9 Å². The topological polar surface area (TPSA) is 143 Å². The predicted molar refractivity (Wildman–Crippen MR) is 94.6 cm³/mol. The molecule has 31 heavy (non-hydrogen) atoms. The van der Waals surface area contributed by atoms with Crippen molar-refractivity contribution >= 4 is 13.5 Å². The number of nitrogens with zero attached hydrogens (tertiary/aromatic N) is 6. The highest BCUT2D eigenvalue weighted by molar-refractivity contribution is 7.46. The number of alkyl halides is 3. The zero-order valence-corrected chi connectivity index (χ0v) is 16.3. The zero-order chi connectivity index (χ0) is 22.6. The number of imidazole rings is 2. The first-order valence-corrected chi connectivity index (χ1v) is 9.87. The number of aromatic nitrogens is 7. The summed E-state index contributed by atoms with van der Waals surface area (Å²) in [7, 11) is -5.05. The van der Waals surface area contributed by atoms with Gasteiger partial charge in [-0.2, -0.15) is 13.2 Å². The number of fused-ring (bicyclic) bond motifs is 1. The number of rotatable bonds is 5. The summed E-state index contributed by atoms with van der Waals surface area (Å²) in [5.41, 5.74) is 0.155. The Balaban J connectivity index is 2.00. The average molecular weight is 461 g/mol. The van der Waals surface area contributed by atoms with Crippen LogP contribution in [0.3, 0.4) is 0 Å². The lowest BCUT2D eigenvalue weighted by molar-refractivity contribution is -0.145. The van der Waals surface area contributed by atoms with E-state index in [1.54, 1.807) is 0 Å². The highest BCUT2D eigenvalue weighted by Crippen LogP contribution is 2.38. The van der Waals surface area contributed by atoms with Crippen molar-refractivity contribution in [2.24, 2.45) is 0 Å². The van der Waals surface area contributed by atoms with Crippen LogP contribution in [0.1, 0.15) is 11.4 Å². The molecule has 0 aliphatic heterocycles. The molecule has 0 radical (unpaired) electrons. The number of nitrogens with one attached hydrogen (secondary N) is 1. The molecule has 164 valence electrons. The maximum atomic E-state index is 14.7. The average Bonchev–Trinajstić information content (AvgIpc) is 3.39. The second-order valence-electron chi connectivity index (χ2n) is 6.29. The molecule has 4 aromatic heterocycles. The Morgan fingerprint density at radius 3 is 2.65 bits per heavy atom. The summed E-state index contributed by atoms with van der Waals surface area (Å²) in [6, 6.07) is 1.44. The minimum absolute atomic E-state index is 0.102. The number of H-pyrrole nitrogens is 1. The molecule has 0 atom stereocenters. The number of phosphoric acid groups is 1. The van der Waals surface area contributed by atoms with Crippen LogP contribution >= 0.6 is 7.82 Å². The van der Waals surface area contributed by atoms with Gasteiger partial charge in [0.15, 0.2) is 24.0 Å². The molecule has 0 saturated heterocycles. The van der Waals surface area contributed by atoms with Crippen LogP contribution in [-0.2, 0) is 22.0 Å². The highest BCUT2D eigenvalue weighted by Gasteiger charge is 2.38. The van der Waals surface area contributed by atoms with Crippen molar-refractivity contribution in [2.45, 2.75) is 19.8 Å². The maximum Gasteiger partial charge on any atom is 0.471 e. The molecule has 4 rings (SSSR count). The first-order chi connectivity index (χ1) is 14.5. The van der Waals surface area contributed by atoms with Crippen molar-refractivity contribution in [1.29, 1.82) is 0 Å². The fraction of sp³-hybridized carbons (Fsp3) is 0.200. The van der Waals surface area contributed by atoms with E-state index < -0.39 is 38.2 Å². The summed E-state index contributed by atoms with van der Waals surface area (Å²) >= 11 is 0. The molecule has 4 heterocycles. The van der Waals surface area contributed by atoms with E-state index in [1.165, 1.54) is 36.1 Å². The fourth-order valence-corrected chi connectivity index (χ4v) is 3.08. The van der Waals surface area contributed by atoms with Crippen molar-refractivity contribution in [1.82, 2.24) is 34.1 Å². The van der Waals surface area contributed by atoms with E-state index in [0.29, 0.717) is 4.68 Å². The first-order valence-electron chi connectivity index (χ1n) is 8.34. The summed E-state index contributed by atoms with van der Waals surface area (Å²) in [4.78, 5) is 32.0. The minimum Gasteiger partial charge on any atom is -0.343 e. The molecule has 0 bridgehead atoms. The predicted octanol–water partition coefficient (Wildman–Crippen LogP) is 2.52. The summed E-state index contributed by atoms with van der Waals surface area (Å²) in [5.74, 6) is -2.87. The Kier molecular flexibility index (Phi) is 4.93. The van der Waals surface area contributed by atoms with E-state index in [9.17, 15) is 22.1 Å². The fourth-order valence-electron chi connectivity index (χ4n) is 2.82. The largest absolute Gasteiger partial charge is 0.471 e. The molecule has 0 aliphatic carbocycles. The van der Waals surface area contributed by atoms with Gasteiger partial charge in [-0.1, -0.05) is 0 Å². The van der Waals surface area contributed by atoms with E-state index in [1.807, 2.05) is 0 Å². The lowest BCUT2D eigenvalue weighted by Crippen LogP contribution is -2.10. The molecule has 11 nitrogen and oxygen atoms in total. The molecule has 0 fully saturated rings. The zero-order valence-electron chi connectivity index (χ0n) is 15.4. The maximum absolute atomic E-state index is 14.7. The van der Waals surface area contributed by atoms with Crippen molar-refractivity contribution in [2.75, 3.05) is 0 Å². The summed E-state index contributed by atoms with van der Waals surface area (Å²) in [6.07, 6.45) is -0.886. The second-order valence-corrected chi connectivity index (χ2v) is 7.53. The Bertz CT molecular complexity index is 1310. The standard InChI is InChI=1S/C15H12F4N7O4P/c1-7-2-3-25-11(8-4-20-5-21-8)10(22-12(25)9(7)16)13-23-14(15(17,18)19)24-26(13)6-30-31(27,28)29/h2-5H,6H2,1H3,(H,20,21)(H2,27,28,29). The molecule has 3 N–H and O–H groups in total. The van der Waals surface area contributed by atoms with Crippen LogP contribution in [0, 0.1) is 12.7 Å². The van der Waals surface area contributed by atoms with Gasteiger partial charge in [-0.15, -0.1) is 5.10 Å². The van der Waals surface area contributed by atoms with Gasteiger partial charge in [0.05, 0.1) is 18.2 Å². The van der Waals surface area contributed by atoms with Crippen LogP contribution in [0.2, 0.25) is 0 Å². The molecule has 4 aromatic rings. The number of phosphoric ester groups is 1. The van der Waals surface area contributed by atoms with Gasteiger partial charge >= 0.3 is 14.0 Å². The van der Waals surface area contributed by atoms with Gasteiger partial charge < -0.3 is 14.8 Å². The van der Waals surface area contributed by atoms with Crippen LogP contribution in [0.15, 0.2) is 24.8 Å². The summed E-state index contributed by atoms with van der Waals surface area (Å²) in [6.45, 7) is 0.415. The number of pyridine rings is 1. The Morgan fingerprint density at radius 1 is 1.29 bits per heavy atom. The monoisotopic (exact) mass is 461 g/mol. The smallest absolute Gasteiger partial charge is 0.343 e. The van der Waals surface area contributed by atoms with Crippen LogP contribution in [0.25, 0.3) is 28.6 Å². The van der Waals surface area contributed by atoms with Crippen molar-refractivity contribution in [3.8, 4) is 22.9 Å². The van der Waals surface area contributed by atoms with Gasteiger partial charge in [0.2, 0.25) is 0 Å². The Labute approximate surface area is 169 Å². The van der Waals surface area contributed by atoms with Crippen LogP contribution in [0.5, 0.6) is 0 Å². The summed E-state index contributed by atoms with van der Waals surface area (Å²) in [5, 5.41) is 3.24. The normalized spacial score (nSPS) is 12.7. The van der Waals surface area contributed by atoms with Crippen molar-refractivity contribution < 1.29 is 36.4 Å². The number of hydrogen-bond acceptors (Lipinski definition) is 6. The van der Waals surface area contributed by atoms with E-state index in [0.717, 1.165) is 0 Å². The lowest BCUT2D eigenvalue weighted by Gasteiger charge is -2.07. The Morgan fingerprint density at radius 2 is 2.03 bits per heavy atom. The van der Waals surface area contributed by atoms with Crippen LogP contribution < -0.4 is 0 Å². The van der Waals surface area contributed by atoms with Crippen molar-refractivity contribution in [3.63, 3.8) is 0 Å². The first kappa shape index (κ1) is 21.1. The molecule has 0 unspecified atom stereocenters. The van der Waals surface area contributed by atoms with Gasteiger partial charge in [0, 0.05) is 6.20 Å². The Hall–Kier alpha value is -3.13. The number of halogens is 4. The molecule has 0 spiro atoms. The van der Waals surface area contributed by atoms with Gasteiger partial charge in [-0.05, 0) is 18.6 Å². The quantitative estimate of drug-likeness (QED) is 0.304. The molecule has 0 saturated carbocycles. The molecular formula is C15H12F4N7O4P. The number of aryl methyl sites for hydroxylation is 1. The molecule has 0 amide bonds. The van der Waals surface area contributed by atoms with E-state index in [2.05, 4.69) is 29.6 Å². The third-order valence-electron chi connectivity index (χ3n) is 4.17. The molecule has 0 aliphatic rings. The number of hydrogen-bond donors (Lipinski definition) is 3. The van der Waals surface area contributed by atoms with E-state index >= 15 is 0 Å². The van der Waals surface area contributed by atoms with Gasteiger partial charge in [0.1, 0.15) is 11.4 Å². The van der Waals surface area contributed by atoms with Gasteiger partial charge in [-0.25, -0.2) is 28.6 Å². The molecule has 16 heteroatoms. The SMILES string of the molecule is Cc1ccn2c(-c3cnc[nH]3)c(-c3nc(C(F)(F)F)nn3COP(=O)(O)O)nc2c1F. The highest BCUT2D eigenvalue weighted by atomic mass is 31.2. The third-order valence-corrected chi connectivity index (χ3v) is 4.62. The van der Waals surface area contributed by atoms with E-state index in [-0.39, 0.29) is 28.3 Å². The third kappa shape index (κ3) is 3.95. The molecular weight excluding hydrogens is 449 g/mol. The van der Waals surface area contributed by atoms with E-state index in [4.69, 9.17) is 9.79 Å². The summed E-state index contributed by atoms with van der Waals surface area (Å²) < 4.78 is 71.5. The van der Waals surface area contributed by atoms with Crippen molar-refractivity contribution in [3.05, 3.63) is 42.0 Å². The molecule has 0 aromatic carbocycles. The van der Waals surface area contributed by atoms with Gasteiger partial charge in [0.25, 0.3) is 5.82 Å². The van der Waals surface area contributed by atoms with Crippen LogP contribution in [0.4, 0.5) is 17.6 Å². The second kappa shape index (κ2) is 7.23.